The topological polar surface area (TPSA) is 61.8 Å². The molecule has 2 rings (SSSR count). The average molecular weight is 299 g/mol. The fraction of sp³-hybridized carbons (Fsp3) is 0.500. The number of amides is 1. The van der Waals surface area contributed by atoms with E-state index in [1.807, 2.05) is 11.9 Å². The van der Waals surface area contributed by atoms with Crippen molar-refractivity contribution < 1.29 is 14.6 Å². The molecule has 0 radical (unpaired) electrons. The molecule has 1 fully saturated rings. The Bertz CT molecular complexity index is 452. The molecule has 1 heterocycles. The number of benzene rings is 1. The quantitative estimate of drug-likeness (QED) is 0.864. The van der Waals surface area contributed by atoms with Crippen molar-refractivity contribution in [2.75, 3.05) is 33.3 Å². The minimum atomic E-state index is -0.752. The minimum absolute atomic E-state index is 0.157. The number of nitrogens with zero attached hydrogens (tertiary/aromatic N) is 1. The van der Waals surface area contributed by atoms with Crippen LogP contribution in [-0.4, -0.2) is 55.3 Å². The number of aliphatic hydroxyl groups excluding tert-OH is 1. The first-order chi connectivity index (χ1) is 9.56. The second kappa shape index (κ2) is 7.04. The summed E-state index contributed by atoms with van der Waals surface area (Å²) in [5.74, 6) is -0.190. The standard InChI is InChI=1S/C14H19ClN2O3/c1-17-6-7-20-13(9-17)14(19)16-8-12(18)10-2-4-11(15)5-3-10/h2-5,12-13,18H,6-9H2,1H3,(H,16,19). The maximum Gasteiger partial charge on any atom is 0.250 e. The maximum atomic E-state index is 11.9. The van der Waals surface area contributed by atoms with E-state index in [1.54, 1.807) is 24.3 Å². The van der Waals surface area contributed by atoms with E-state index in [2.05, 4.69) is 5.32 Å². The molecule has 2 N–H and O–H groups in total. The lowest BCUT2D eigenvalue weighted by atomic mass is 10.1. The third-order valence-electron chi connectivity index (χ3n) is 3.29. The van der Waals surface area contributed by atoms with E-state index >= 15 is 0 Å². The summed E-state index contributed by atoms with van der Waals surface area (Å²) < 4.78 is 5.41. The molecule has 1 saturated heterocycles. The van der Waals surface area contributed by atoms with Crippen LogP contribution in [0.2, 0.25) is 5.02 Å². The fourth-order valence-electron chi connectivity index (χ4n) is 2.05. The summed E-state index contributed by atoms with van der Waals surface area (Å²) in [6.07, 6.45) is -1.22. The average Bonchev–Trinajstić information content (AvgIpc) is 2.45. The van der Waals surface area contributed by atoms with Gasteiger partial charge in [-0.05, 0) is 24.7 Å². The highest BCUT2D eigenvalue weighted by molar-refractivity contribution is 6.30. The van der Waals surface area contributed by atoms with E-state index in [0.29, 0.717) is 18.2 Å². The number of aliphatic hydroxyl groups is 1. The van der Waals surface area contributed by atoms with Crippen LogP contribution in [0.25, 0.3) is 0 Å². The lowest BCUT2D eigenvalue weighted by Gasteiger charge is -2.29. The van der Waals surface area contributed by atoms with E-state index in [0.717, 1.165) is 12.1 Å². The molecule has 110 valence electrons. The molecular formula is C14H19ClN2O3. The monoisotopic (exact) mass is 298 g/mol. The van der Waals surface area contributed by atoms with E-state index in [4.69, 9.17) is 16.3 Å². The van der Waals surface area contributed by atoms with Gasteiger partial charge in [-0.3, -0.25) is 4.79 Å². The zero-order valence-electron chi connectivity index (χ0n) is 11.4. The number of halogens is 1. The Labute approximate surface area is 123 Å². The number of carbonyl (C=O) groups excluding carboxylic acids is 1. The minimum Gasteiger partial charge on any atom is -0.387 e. The molecule has 0 aliphatic carbocycles. The molecular weight excluding hydrogens is 280 g/mol. The highest BCUT2D eigenvalue weighted by Crippen LogP contribution is 2.15. The van der Waals surface area contributed by atoms with Gasteiger partial charge in [0.2, 0.25) is 0 Å². The summed E-state index contributed by atoms with van der Waals surface area (Å²) in [4.78, 5) is 14.0. The highest BCUT2D eigenvalue weighted by atomic mass is 35.5. The lowest BCUT2D eigenvalue weighted by molar-refractivity contribution is -0.138. The van der Waals surface area contributed by atoms with Crippen LogP contribution in [0.5, 0.6) is 0 Å². The second-order valence-electron chi connectivity index (χ2n) is 4.93. The fourth-order valence-corrected chi connectivity index (χ4v) is 2.18. The van der Waals surface area contributed by atoms with Crippen molar-refractivity contribution in [1.29, 1.82) is 0 Å². The van der Waals surface area contributed by atoms with Gasteiger partial charge in [0.25, 0.3) is 5.91 Å². The van der Waals surface area contributed by atoms with Crippen molar-refractivity contribution in [3.8, 4) is 0 Å². The van der Waals surface area contributed by atoms with Gasteiger partial charge in [0.05, 0.1) is 12.7 Å². The third kappa shape index (κ3) is 4.18. The number of rotatable bonds is 4. The summed E-state index contributed by atoms with van der Waals surface area (Å²) in [6.45, 7) is 2.11. The van der Waals surface area contributed by atoms with Gasteiger partial charge in [0.1, 0.15) is 6.10 Å². The molecule has 0 spiro atoms. The molecule has 1 aliphatic rings. The number of likely N-dealkylation sites (N-methyl/N-ethyl adjacent to an activating group) is 1. The van der Waals surface area contributed by atoms with Gasteiger partial charge in [0.15, 0.2) is 0 Å². The van der Waals surface area contributed by atoms with Crippen LogP contribution in [0.15, 0.2) is 24.3 Å². The molecule has 5 nitrogen and oxygen atoms in total. The Hall–Kier alpha value is -1.14. The summed E-state index contributed by atoms with van der Waals surface area (Å²) >= 11 is 5.79. The van der Waals surface area contributed by atoms with Crippen LogP contribution < -0.4 is 5.32 Å². The van der Waals surface area contributed by atoms with Crippen molar-refractivity contribution in [1.82, 2.24) is 10.2 Å². The van der Waals surface area contributed by atoms with E-state index in [9.17, 15) is 9.90 Å². The number of carbonyl (C=O) groups is 1. The lowest BCUT2D eigenvalue weighted by Crippen LogP contribution is -2.49. The van der Waals surface area contributed by atoms with Crippen molar-refractivity contribution in [2.45, 2.75) is 12.2 Å². The maximum absolute atomic E-state index is 11.9. The Kier molecular flexibility index (Phi) is 5.37. The molecule has 1 aromatic rings. The summed E-state index contributed by atoms with van der Waals surface area (Å²) in [5, 5.41) is 13.3. The predicted octanol–water partition coefficient (Wildman–Crippen LogP) is 0.820. The number of nitrogens with one attached hydrogen (secondary N) is 1. The molecule has 1 aliphatic heterocycles. The smallest absolute Gasteiger partial charge is 0.250 e. The number of morpholine rings is 1. The molecule has 2 atom stereocenters. The van der Waals surface area contributed by atoms with Crippen LogP contribution in [0, 0.1) is 0 Å². The molecule has 6 heteroatoms. The normalized spacial score (nSPS) is 21.4. The number of hydrogen-bond acceptors (Lipinski definition) is 4. The summed E-state index contributed by atoms with van der Waals surface area (Å²) in [6, 6.07) is 6.90. The first-order valence-electron chi connectivity index (χ1n) is 6.57. The second-order valence-corrected chi connectivity index (χ2v) is 5.37. The van der Waals surface area contributed by atoms with Gasteiger partial charge < -0.3 is 20.1 Å². The van der Waals surface area contributed by atoms with Crippen molar-refractivity contribution in [2.24, 2.45) is 0 Å². The Balaban J connectivity index is 1.82. The van der Waals surface area contributed by atoms with Crippen molar-refractivity contribution in [3.63, 3.8) is 0 Å². The zero-order valence-corrected chi connectivity index (χ0v) is 12.1. The van der Waals surface area contributed by atoms with Crippen LogP contribution in [0.1, 0.15) is 11.7 Å². The highest BCUT2D eigenvalue weighted by Gasteiger charge is 2.25. The predicted molar refractivity (Wildman–Crippen MR) is 76.7 cm³/mol. The molecule has 2 unspecified atom stereocenters. The van der Waals surface area contributed by atoms with E-state index < -0.39 is 12.2 Å². The van der Waals surface area contributed by atoms with Crippen LogP contribution >= 0.6 is 11.6 Å². The van der Waals surface area contributed by atoms with Gasteiger partial charge in [-0.25, -0.2) is 0 Å². The molecule has 1 amide bonds. The number of hydrogen-bond donors (Lipinski definition) is 2. The largest absolute Gasteiger partial charge is 0.387 e. The molecule has 1 aromatic carbocycles. The van der Waals surface area contributed by atoms with Gasteiger partial charge in [0, 0.05) is 24.7 Å². The third-order valence-corrected chi connectivity index (χ3v) is 3.54. The van der Waals surface area contributed by atoms with E-state index in [-0.39, 0.29) is 12.5 Å². The first-order valence-corrected chi connectivity index (χ1v) is 6.95. The van der Waals surface area contributed by atoms with Gasteiger partial charge in [-0.15, -0.1) is 0 Å². The van der Waals surface area contributed by atoms with Crippen molar-refractivity contribution in [3.05, 3.63) is 34.9 Å². The van der Waals surface area contributed by atoms with E-state index in [1.165, 1.54) is 0 Å². The summed E-state index contributed by atoms with van der Waals surface area (Å²) in [5.41, 5.74) is 0.719. The van der Waals surface area contributed by atoms with Gasteiger partial charge in [-0.2, -0.15) is 0 Å². The molecule has 0 bridgehead atoms. The molecule has 20 heavy (non-hydrogen) atoms. The van der Waals surface area contributed by atoms with Crippen LogP contribution in [0.3, 0.4) is 0 Å². The Morgan fingerprint density at radius 2 is 2.25 bits per heavy atom. The Morgan fingerprint density at radius 1 is 1.55 bits per heavy atom. The SMILES string of the molecule is CN1CCOC(C(=O)NCC(O)c2ccc(Cl)cc2)C1. The van der Waals surface area contributed by atoms with Crippen LogP contribution in [0.4, 0.5) is 0 Å². The number of ether oxygens (including phenoxy) is 1. The molecule has 0 aromatic heterocycles. The van der Waals surface area contributed by atoms with Crippen LogP contribution in [-0.2, 0) is 9.53 Å². The van der Waals surface area contributed by atoms with Gasteiger partial charge >= 0.3 is 0 Å². The first kappa shape index (κ1) is 15.3. The Morgan fingerprint density at radius 3 is 2.90 bits per heavy atom. The molecule has 0 saturated carbocycles. The zero-order chi connectivity index (χ0) is 14.5. The summed E-state index contributed by atoms with van der Waals surface area (Å²) in [7, 11) is 1.95. The van der Waals surface area contributed by atoms with Crippen molar-refractivity contribution >= 4 is 17.5 Å². The van der Waals surface area contributed by atoms with Gasteiger partial charge in [-0.1, -0.05) is 23.7 Å².